The van der Waals surface area contributed by atoms with E-state index in [1.54, 1.807) is 0 Å². The Balaban J connectivity index is 2.11. The van der Waals surface area contributed by atoms with Crippen LogP contribution in [-0.2, 0) is 16.6 Å². The fourth-order valence-electron chi connectivity index (χ4n) is 1.70. The van der Waals surface area contributed by atoms with Gasteiger partial charge in [0.25, 0.3) is 0 Å². The first-order valence-corrected chi connectivity index (χ1v) is 7.21. The Kier molecular flexibility index (Phi) is 4.33. The molecule has 2 aromatic rings. The van der Waals surface area contributed by atoms with Gasteiger partial charge in [-0.05, 0) is 23.3 Å². The minimum atomic E-state index is -1.12. The van der Waals surface area contributed by atoms with E-state index in [1.165, 1.54) is 0 Å². The van der Waals surface area contributed by atoms with Crippen LogP contribution in [0.5, 0.6) is 0 Å². The van der Waals surface area contributed by atoms with Gasteiger partial charge in [-0.1, -0.05) is 55.0 Å². The molecule has 2 aromatic carbocycles. The number of terminal acetylenes is 1. The predicted molar refractivity (Wildman–Crippen MR) is 81.7 cm³/mol. The molecule has 0 aliphatic heterocycles. The largest absolute Gasteiger partial charge is 0.254 e. The van der Waals surface area contributed by atoms with E-state index in [1.807, 2.05) is 54.6 Å². The highest BCUT2D eigenvalue weighted by molar-refractivity contribution is 7.93. The molecule has 0 N–H and O–H groups in total. The lowest BCUT2D eigenvalue weighted by atomic mass is 10.1. The Bertz CT molecular complexity index is 633. The zero-order valence-electron chi connectivity index (χ0n) is 10.5. The molecule has 0 amide bonds. The van der Waals surface area contributed by atoms with Crippen molar-refractivity contribution < 1.29 is 4.21 Å². The van der Waals surface area contributed by atoms with Crippen molar-refractivity contribution >= 4 is 15.7 Å². The third-order valence-electron chi connectivity index (χ3n) is 2.79. The van der Waals surface area contributed by atoms with E-state index in [0.29, 0.717) is 10.7 Å². The van der Waals surface area contributed by atoms with Crippen LogP contribution in [0.25, 0.3) is 4.91 Å². The van der Waals surface area contributed by atoms with Crippen LogP contribution in [0.3, 0.4) is 0 Å². The minimum absolute atomic E-state index is 0.483. The molecule has 2 heteroatoms. The van der Waals surface area contributed by atoms with Crippen LogP contribution in [0.1, 0.15) is 16.7 Å². The lowest BCUT2D eigenvalue weighted by Crippen LogP contribution is -1.97. The molecular formula is C17H14OS. The van der Waals surface area contributed by atoms with Gasteiger partial charge in [-0.2, -0.15) is 0 Å². The lowest BCUT2D eigenvalue weighted by Gasteiger charge is -2.06. The van der Waals surface area contributed by atoms with Crippen molar-refractivity contribution in [3.8, 4) is 12.3 Å². The van der Waals surface area contributed by atoms with E-state index >= 15 is 0 Å². The highest BCUT2D eigenvalue weighted by Gasteiger charge is 2.08. The van der Waals surface area contributed by atoms with E-state index < -0.39 is 10.8 Å². The molecule has 0 spiro atoms. The lowest BCUT2D eigenvalue weighted by molar-refractivity contribution is 0.688. The van der Waals surface area contributed by atoms with Gasteiger partial charge in [0.2, 0.25) is 0 Å². The number of hydrogen-bond acceptors (Lipinski definition) is 1. The number of rotatable bonds is 4. The highest BCUT2D eigenvalue weighted by atomic mass is 32.2. The smallest absolute Gasteiger partial charge is 0.0574 e. The van der Waals surface area contributed by atoms with E-state index in [4.69, 9.17) is 6.42 Å². The maximum atomic E-state index is 12.2. The van der Waals surface area contributed by atoms with Gasteiger partial charge in [0.15, 0.2) is 0 Å². The quantitative estimate of drug-likeness (QED) is 0.773. The van der Waals surface area contributed by atoms with Gasteiger partial charge in [-0.25, -0.2) is 0 Å². The molecule has 0 heterocycles. The zero-order valence-corrected chi connectivity index (χ0v) is 11.3. The predicted octanol–water partition coefficient (Wildman–Crippen LogP) is 3.59. The van der Waals surface area contributed by atoms with Gasteiger partial charge in [0.1, 0.15) is 0 Å². The molecule has 0 aliphatic rings. The Morgan fingerprint density at radius 3 is 2.32 bits per heavy atom. The molecule has 19 heavy (non-hydrogen) atoms. The number of hydrogen-bond donors (Lipinski definition) is 0. The first-order valence-electron chi connectivity index (χ1n) is 5.89. The molecule has 0 aromatic heterocycles. The Labute approximate surface area is 116 Å². The van der Waals surface area contributed by atoms with Crippen molar-refractivity contribution in [3.05, 3.63) is 77.9 Å². The monoisotopic (exact) mass is 266 g/mol. The highest BCUT2D eigenvalue weighted by Crippen LogP contribution is 2.19. The summed E-state index contributed by atoms with van der Waals surface area (Å²) >= 11 is 0. The first kappa shape index (κ1) is 13.3. The van der Waals surface area contributed by atoms with Crippen LogP contribution in [-0.4, -0.2) is 4.21 Å². The summed E-state index contributed by atoms with van der Waals surface area (Å²) in [6.07, 6.45) is 5.31. The fraction of sp³-hybridized carbons (Fsp3) is 0.0588. The maximum Gasteiger partial charge on any atom is 0.0574 e. The summed E-state index contributed by atoms with van der Waals surface area (Å²) in [4.78, 5) is 0.632. The van der Waals surface area contributed by atoms with Gasteiger partial charge < -0.3 is 0 Å². The summed E-state index contributed by atoms with van der Waals surface area (Å²) in [6.45, 7) is 3.92. The zero-order chi connectivity index (χ0) is 13.7. The minimum Gasteiger partial charge on any atom is -0.254 e. The molecule has 0 aliphatic carbocycles. The van der Waals surface area contributed by atoms with Crippen LogP contribution in [0.4, 0.5) is 0 Å². The average Bonchev–Trinajstić information content (AvgIpc) is 2.47. The molecule has 0 unspecified atom stereocenters. The second kappa shape index (κ2) is 6.17. The van der Waals surface area contributed by atoms with Crippen LogP contribution in [0, 0.1) is 12.3 Å². The van der Waals surface area contributed by atoms with Crippen molar-refractivity contribution in [2.45, 2.75) is 5.75 Å². The number of benzene rings is 2. The summed E-state index contributed by atoms with van der Waals surface area (Å²) in [6, 6.07) is 17.1. The Morgan fingerprint density at radius 1 is 1.11 bits per heavy atom. The maximum absolute atomic E-state index is 12.2. The van der Waals surface area contributed by atoms with Crippen LogP contribution >= 0.6 is 0 Å². The molecule has 0 radical (unpaired) electrons. The van der Waals surface area contributed by atoms with Crippen molar-refractivity contribution in [2.24, 2.45) is 0 Å². The van der Waals surface area contributed by atoms with Crippen LogP contribution < -0.4 is 0 Å². The summed E-state index contributed by atoms with van der Waals surface area (Å²) in [5.74, 6) is 3.04. The fourth-order valence-corrected chi connectivity index (χ4v) is 2.76. The van der Waals surface area contributed by atoms with E-state index in [2.05, 4.69) is 12.5 Å². The third-order valence-corrected chi connectivity index (χ3v) is 4.17. The summed E-state index contributed by atoms with van der Waals surface area (Å²) < 4.78 is 12.2. The standard InChI is InChI=1S/C17H14OS/c1-3-15-9-11-17(12-10-15)14(2)19(18)13-16-7-5-4-6-8-16/h1,4-12H,2,13H2/t19-/m0/s1. The normalized spacial score (nSPS) is 11.5. The van der Waals surface area contributed by atoms with Gasteiger partial charge in [0.05, 0.1) is 16.6 Å². The first-order chi connectivity index (χ1) is 9.20. The van der Waals surface area contributed by atoms with Crippen LogP contribution in [0.2, 0.25) is 0 Å². The Morgan fingerprint density at radius 2 is 1.74 bits per heavy atom. The van der Waals surface area contributed by atoms with E-state index in [-0.39, 0.29) is 0 Å². The topological polar surface area (TPSA) is 17.1 Å². The molecule has 1 nitrogen and oxygen atoms in total. The van der Waals surface area contributed by atoms with Crippen LogP contribution in [0.15, 0.2) is 61.2 Å². The molecule has 0 bridgehead atoms. The molecular weight excluding hydrogens is 252 g/mol. The second-order valence-corrected chi connectivity index (χ2v) is 5.59. The van der Waals surface area contributed by atoms with Gasteiger partial charge in [-0.3, -0.25) is 4.21 Å². The third kappa shape index (κ3) is 3.43. The van der Waals surface area contributed by atoms with Gasteiger partial charge in [0, 0.05) is 10.5 Å². The summed E-state index contributed by atoms with van der Waals surface area (Å²) in [7, 11) is -1.12. The van der Waals surface area contributed by atoms with Gasteiger partial charge >= 0.3 is 0 Å². The molecule has 0 saturated heterocycles. The van der Waals surface area contributed by atoms with Crippen molar-refractivity contribution in [3.63, 3.8) is 0 Å². The van der Waals surface area contributed by atoms with E-state index in [0.717, 1.165) is 16.7 Å². The molecule has 94 valence electrons. The molecule has 2 rings (SSSR count). The SMILES string of the molecule is C#Cc1ccc(C(=C)[S@@](=O)Cc2ccccc2)cc1. The van der Waals surface area contributed by atoms with Crippen molar-refractivity contribution in [2.75, 3.05) is 0 Å². The van der Waals surface area contributed by atoms with Gasteiger partial charge in [-0.15, -0.1) is 6.42 Å². The molecule has 1 atom stereocenters. The van der Waals surface area contributed by atoms with E-state index in [9.17, 15) is 4.21 Å². The summed E-state index contributed by atoms with van der Waals surface area (Å²) in [5, 5.41) is 0. The molecule has 0 fully saturated rings. The molecule has 0 saturated carbocycles. The Hall–Kier alpha value is -2.11. The summed E-state index contributed by atoms with van der Waals surface area (Å²) in [5.41, 5.74) is 2.72. The van der Waals surface area contributed by atoms with Crippen molar-refractivity contribution in [1.29, 1.82) is 0 Å². The van der Waals surface area contributed by atoms with Crippen molar-refractivity contribution in [1.82, 2.24) is 0 Å². The average molecular weight is 266 g/mol. The second-order valence-electron chi connectivity index (χ2n) is 4.12.